The van der Waals surface area contributed by atoms with E-state index in [4.69, 9.17) is 0 Å². The van der Waals surface area contributed by atoms with Crippen LogP contribution in [0.4, 0.5) is 4.79 Å². The fourth-order valence-electron chi connectivity index (χ4n) is 2.26. The second-order valence-electron chi connectivity index (χ2n) is 4.74. The van der Waals surface area contributed by atoms with Crippen LogP contribution in [0.3, 0.4) is 0 Å². The van der Waals surface area contributed by atoms with Gasteiger partial charge in [0.2, 0.25) is 0 Å². The van der Waals surface area contributed by atoms with Gasteiger partial charge >= 0.3 is 12.1 Å². The van der Waals surface area contributed by atoms with E-state index in [1.54, 1.807) is 18.3 Å². The molecule has 0 saturated heterocycles. The molecule has 2 atom stereocenters. The third-order valence-corrected chi connectivity index (χ3v) is 4.60. The molecule has 1 aromatic heterocycles. The number of carbonyl (C=O) groups excluding carboxylic acids is 2. The van der Waals surface area contributed by atoms with Crippen LogP contribution >= 0.6 is 11.3 Å². The van der Waals surface area contributed by atoms with E-state index in [2.05, 4.69) is 27.7 Å². The molecular weight excluding hydrogens is 276 g/mol. The van der Waals surface area contributed by atoms with Gasteiger partial charge in [0.05, 0.1) is 12.5 Å². The van der Waals surface area contributed by atoms with E-state index in [-0.39, 0.29) is 18.4 Å². The second kappa shape index (κ2) is 5.25. The van der Waals surface area contributed by atoms with Gasteiger partial charge in [0, 0.05) is 15.5 Å². The number of benzene rings is 1. The largest absolute Gasteiger partial charge is 0.516 e. The molecule has 5 heteroatoms. The first-order valence-electron chi connectivity index (χ1n) is 6.56. The van der Waals surface area contributed by atoms with Gasteiger partial charge in [0.25, 0.3) is 0 Å². The summed E-state index contributed by atoms with van der Waals surface area (Å²) in [7, 11) is 0. The minimum absolute atomic E-state index is 0.175. The molecule has 0 bridgehead atoms. The molecule has 0 radical (unpaired) electrons. The van der Waals surface area contributed by atoms with Gasteiger partial charge in [-0.1, -0.05) is 18.2 Å². The molecule has 1 aliphatic carbocycles. The highest BCUT2D eigenvalue weighted by Gasteiger charge is 2.47. The maximum atomic E-state index is 11.8. The standard InChI is InChI=1S/C15H14O4S/c1-2-18-15(17)19-14(16)11-8-10(11)13-7-9-5-3-4-6-12(9)20-13/h3-7,10-11H,2,8H2,1H3/t10-,11-/m0/s1. The molecule has 20 heavy (non-hydrogen) atoms. The lowest BCUT2D eigenvalue weighted by Gasteiger charge is -2.01. The minimum atomic E-state index is -0.903. The number of ether oxygens (including phenoxy) is 2. The zero-order chi connectivity index (χ0) is 14.1. The van der Waals surface area contributed by atoms with E-state index < -0.39 is 12.1 Å². The fraction of sp³-hybridized carbons (Fsp3) is 0.333. The van der Waals surface area contributed by atoms with Gasteiger partial charge in [0.1, 0.15) is 0 Å². The molecule has 1 fully saturated rings. The van der Waals surface area contributed by atoms with Crippen molar-refractivity contribution in [3.63, 3.8) is 0 Å². The molecule has 1 heterocycles. The number of rotatable bonds is 3. The number of esters is 1. The average molecular weight is 290 g/mol. The topological polar surface area (TPSA) is 52.6 Å². The van der Waals surface area contributed by atoms with Crippen molar-refractivity contribution in [2.24, 2.45) is 5.92 Å². The van der Waals surface area contributed by atoms with E-state index >= 15 is 0 Å². The molecule has 0 amide bonds. The van der Waals surface area contributed by atoms with E-state index in [0.29, 0.717) is 0 Å². The van der Waals surface area contributed by atoms with Crippen LogP contribution in [0.15, 0.2) is 30.3 Å². The molecule has 0 spiro atoms. The summed E-state index contributed by atoms with van der Waals surface area (Å²) in [5, 5.41) is 1.19. The van der Waals surface area contributed by atoms with Crippen LogP contribution in [0.2, 0.25) is 0 Å². The summed E-state index contributed by atoms with van der Waals surface area (Å²) < 4.78 is 10.5. The summed E-state index contributed by atoms with van der Waals surface area (Å²) in [6.07, 6.45) is -0.162. The lowest BCUT2D eigenvalue weighted by atomic mass is 10.2. The summed E-state index contributed by atoms with van der Waals surface area (Å²) >= 11 is 1.69. The first-order valence-corrected chi connectivity index (χ1v) is 7.37. The SMILES string of the molecule is CCOC(=O)OC(=O)[C@H]1C[C@@H]1c1cc2ccccc2s1. The van der Waals surface area contributed by atoms with E-state index in [1.807, 2.05) is 12.1 Å². The summed E-state index contributed by atoms with van der Waals surface area (Å²) in [6.45, 7) is 1.87. The van der Waals surface area contributed by atoms with Gasteiger partial charge in [-0.05, 0) is 30.9 Å². The van der Waals surface area contributed by atoms with Crippen LogP contribution in [-0.4, -0.2) is 18.7 Å². The normalized spacial score (nSPS) is 20.6. The predicted molar refractivity (Wildman–Crippen MR) is 75.8 cm³/mol. The van der Waals surface area contributed by atoms with Crippen molar-refractivity contribution in [1.29, 1.82) is 0 Å². The smallest absolute Gasteiger partial charge is 0.434 e. The average Bonchev–Trinajstić information content (AvgIpc) is 3.11. The summed E-state index contributed by atoms with van der Waals surface area (Å²) in [4.78, 5) is 24.1. The second-order valence-corrected chi connectivity index (χ2v) is 5.85. The molecule has 3 rings (SSSR count). The Hall–Kier alpha value is -1.88. The molecule has 4 nitrogen and oxygen atoms in total. The van der Waals surface area contributed by atoms with Crippen LogP contribution < -0.4 is 0 Å². The quantitative estimate of drug-likeness (QED) is 0.639. The lowest BCUT2D eigenvalue weighted by Crippen LogP contribution is -2.15. The van der Waals surface area contributed by atoms with Gasteiger partial charge in [-0.25, -0.2) is 4.79 Å². The summed E-state index contributed by atoms with van der Waals surface area (Å²) in [6, 6.07) is 10.2. The van der Waals surface area contributed by atoms with Crippen LogP contribution in [0.25, 0.3) is 10.1 Å². The van der Waals surface area contributed by atoms with Crippen molar-refractivity contribution >= 4 is 33.5 Å². The van der Waals surface area contributed by atoms with Crippen molar-refractivity contribution in [1.82, 2.24) is 0 Å². The Bertz CT molecular complexity index is 628. The van der Waals surface area contributed by atoms with Crippen LogP contribution in [-0.2, 0) is 14.3 Å². The number of fused-ring (bicyclic) bond motifs is 1. The highest BCUT2D eigenvalue weighted by atomic mass is 32.1. The van der Waals surface area contributed by atoms with Crippen LogP contribution in [0.5, 0.6) is 0 Å². The molecule has 2 aromatic rings. The van der Waals surface area contributed by atoms with Crippen LogP contribution in [0.1, 0.15) is 24.1 Å². The van der Waals surface area contributed by atoms with Gasteiger partial charge in [-0.3, -0.25) is 4.79 Å². The number of hydrogen-bond acceptors (Lipinski definition) is 5. The number of carbonyl (C=O) groups is 2. The van der Waals surface area contributed by atoms with Crippen molar-refractivity contribution in [2.45, 2.75) is 19.3 Å². The summed E-state index contributed by atoms with van der Waals surface area (Å²) in [5.74, 6) is -0.521. The molecular formula is C15H14O4S. The van der Waals surface area contributed by atoms with Gasteiger partial charge in [-0.15, -0.1) is 11.3 Å². The highest BCUT2D eigenvalue weighted by molar-refractivity contribution is 7.19. The Morgan fingerprint density at radius 1 is 1.35 bits per heavy atom. The van der Waals surface area contributed by atoms with E-state index in [9.17, 15) is 9.59 Å². The van der Waals surface area contributed by atoms with Crippen molar-refractivity contribution in [3.8, 4) is 0 Å². The van der Waals surface area contributed by atoms with Gasteiger partial charge < -0.3 is 9.47 Å². The van der Waals surface area contributed by atoms with Gasteiger partial charge in [0.15, 0.2) is 0 Å². The Kier molecular flexibility index (Phi) is 3.44. The number of hydrogen-bond donors (Lipinski definition) is 0. The van der Waals surface area contributed by atoms with Crippen molar-refractivity contribution in [2.75, 3.05) is 6.61 Å². The molecule has 0 unspecified atom stereocenters. The monoisotopic (exact) mass is 290 g/mol. The molecule has 1 aromatic carbocycles. The third-order valence-electron chi connectivity index (χ3n) is 3.35. The molecule has 1 aliphatic rings. The number of thiophene rings is 1. The Labute approximate surface area is 120 Å². The zero-order valence-corrected chi connectivity index (χ0v) is 11.8. The van der Waals surface area contributed by atoms with Crippen molar-refractivity contribution < 1.29 is 19.1 Å². The Balaban J connectivity index is 1.66. The van der Waals surface area contributed by atoms with Gasteiger partial charge in [-0.2, -0.15) is 0 Å². The summed E-state index contributed by atoms with van der Waals surface area (Å²) in [5.41, 5.74) is 0. The van der Waals surface area contributed by atoms with Crippen LogP contribution in [0, 0.1) is 5.92 Å². The first-order chi connectivity index (χ1) is 9.69. The predicted octanol–water partition coefficient (Wildman–Crippen LogP) is 3.70. The maximum Gasteiger partial charge on any atom is 0.516 e. The third kappa shape index (κ3) is 2.54. The van der Waals surface area contributed by atoms with E-state index in [0.717, 1.165) is 6.42 Å². The highest BCUT2D eigenvalue weighted by Crippen LogP contribution is 2.51. The minimum Gasteiger partial charge on any atom is -0.434 e. The molecule has 0 N–H and O–H groups in total. The molecule has 104 valence electrons. The Morgan fingerprint density at radius 3 is 2.90 bits per heavy atom. The first kappa shape index (κ1) is 13.1. The molecule has 1 saturated carbocycles. The van der Waals surface area contributed by atoms with Crippen molar-refractivity contribution in [3.05, 3.63) is 35.2 Å². The Morgan fingerprint density at radius 2 is 2.15 bits per heavy atom. The fourth-order valence-corrected chi connectivity index (χ4v) is 3.50. The maximum absolute atomic E-state index is 11.8. The lowest BCUT2D eigenvalue weighted by molar-refractivity contribution is -0.141. The van der Waals surface area contributed by atoms with E-state index in [1.165, 1.54) is 15.0 Å². The zero-order valence-electron chi connectivity index (χ0n) is 11.0. The molecule has 0 aliphatic heterocycles.